The van der Waals surface area contributed by atoms with Crippen LogP contribution in [0.15, 0.2) is 42.7 Å². The highest BCUT2D eigenvalue weighted by Crippen LogP contribution is 2.26. The Balaban J connectivity index is 2.76. The van der Waals surface area contributed by atoms with Crippen molar-refractivity contribution < 1.29 is 14.6 Å². The maximum atomic E-state index is 11.3. The molecule has 0 amide bonds. The van der Waals surface area contributed by atoms with Gasteiger partial charge in [0, 0.05) is 5.56 Å². The molecule has 0 saturated heterocycles. The summed E-state index contributed by atoms with van der Waals surface area (Å²) in [5, 5.41) is 11.0. The van der Waals surface area contributed by atoms with Gasteiger partial charge in [-0.3, -0.25) is 0 Å². The fourth-order valence-electron chi connectivity index (χ4n) is 1.94. The Morgan fingerprint density at radius 1 is 1.37 bits per heavy atom. The lowest BCUT2D eigenvalue weighted by Crippen LogP contribution is -2.01. The van der Waals surface area contributed by atoms with Crippen LogP contribution in [0.5, 0.6) is 0 Å². The Bertz CT molecular complexity index is 705. The van der Waals surface area contributed by atoms with Crippen molar-refractivity contribution in [3.8, 4) is 12.3 Å². The van der Waals surface area contributed by atoms with Crippen LogP contribution < -0.4 is 0 Å². The maximum absolute atomic E-state index is 11.3. The summed E-state index contributed by atoms with van der Waals surface area (Å²) in [6.07, 6.45) is 6.60. The normalized spacial score (nSPS) is 11.1. The van der Waals surface area contributed by atoms with Crippen LogP contribution in [0, 0.1) is 12.3 Å². The molecule has 0 radical (unpaired) electrons. The molecule has 1 N–H and O–H groups in total. The first kappa shape index (κ1) is 12.7. The Morgan fingerprint density at radius 3 is 2.79 bits per heavy atom. The first-order chi connectivity index (χ1) is 9.17. The Labute approximate surface area is 111 Å². The van der Waals surface area contributed by atoms with Gasteiger partial charge in [-0.1, -0.05) is 30.2 Å². The van der Waals surface area contributed by atoms with Crippen molar-refractivity contribution in [3.05, 3.63) is 53.8 Å². The van der Waals surface area contributed by atoms with Gasteiger partial charge in [0.25, 0.3) is 0 Å². The van der Waals surface area contributed by atoms with Crippen molar-refractivity contribution in [1.82, 2.24) is 0 Å². The number of carbonyl (C=O) groups is 1. The van der Waals surface area contributed by atoms with E-state index in [4.69, 9.17) is 11.2 Å². The molecule has 19 heavy (non-hydrogen) atoms. The van der Waals surface area contributed by atoms with Gasteiger partial charge in [-0.15, -0.1) is 6.42 Å². The number of terminal acetylenes is 1. The van der Waals surface area contributed by atoms with E-state index in [0.29, 0.717) is 11.1 Å². The zero-order valence-corrected chi connectivity index (χ0v) is 10.4. The van der Waals surface area contributed by atoms with Crippen molar-refractivity contribution in [2.24, 2.45) is 0 Å². The molecule has 0 fully saturated rings. The number of rotatable bonds is 3. The lowest BCUT2D eigenvalue weighted by molar-refractivity contribution is -0.130. The van der Waals surface area contributed by atoms with Gasteiger partial charge in [0.05, 0.1) is 13.4 Å². The number of hydrogen-bond acceptors (Lipinski definition) is 2. The molecule has 0 bridgehead atoms. The zero-order valence-electron chi connectivity index (χ0n) is 10.4. The molecule has 0 aromatic heterocycles. The summed E-state index contributed by atoms with van der Waals surface area (Å²) in [7, 11) is 1.42. The highest BCUT2D eigenvalue weighted by atomic mass is 16.5. The molecule has 2 aromatic carbocycles. The van der Waals surface area contributed by atoms with Gasteiger partial charge in [-0.2, -0.15) is 0 Å². The van der Waals surface area contributed by atoms with Crippen molar-refractivity contribution in [3.63, 3.8) is 0 Å². The minimum Gasteiger partial charge on any atom is -0.503 e. The molecule has 0 aliphatic rings. The van der Waals surface area contributed by atoms with Crippen molar-refractivity contribution >= 4 is 22.3 Å². The third-order valence-electron chi connectivity index (χ3n) is 2.81. The molecular weight excluding hydrogens is 240 g/mol. The minimum absolute atomic E-state index is 0.0993. The number of carboxylic acids is 1. The minimum atomic E-state index is -1.04. The third kappa shape index (κ3) is 2.43. The van der Waals surface area contributed by atoms with Gasteiger partial charge >= 0.3 is 5.97 Å². The molecule has 0 aliphatic carbocycles. The molecule has 0 spiro atoms. The van der Waals surface area contributed by atoms with E-state index in [0.717, 1.165) is 10.8 Å². The van der Waals surface area contributed by atoms with Crippen LogP contribution >= 0.6 is 0 Å². The topological polar surface area (TPSA) is 46.5 Å². The summed E-state index contributed by atoms with van der Waals surface area (Å²) in [4.78, 5) is 11.3. The van der Waals surface area contributed by atoms with Gasteiger partial charge in [0.15, 0.2) is 0 Å². The van der Waals surface area contributed by atoms with Crippen molar-refractivity contribution in [1.29, 1.82) is 0 Å². The molecule has 0 atom stereocenters. The van der Waals surface area contributed by atoms with E-state index in [2.05, 4.69) is 5.92 Å². The molecule has 0 unspecified atom stereocenters. The summed E-state index contributed by atoms with van der Waals surface area (Å²) in [5.41, 5.74) is 1.40. The number of aliphatic carboxylic acids is 1. The summed E-state index contributed by atoms with van der Waals surface area (Å²) in [6.45, 7) is 0. The summed E-state index contributed by atoms with van der Waals surface area (Å²) < 4.78 is 4.84. The highest BCUT2D eigenvalue weighted by molar-refractivity contribution is 6.19. The van der Waals surface area contributed by atoms with Gasteiger partial charge in [-0.25, -0.2) is 4.79 Å². The van der Waals surface area contributed by atoms with Crippen LogP contribution in [0.4, 0.5) is 0 Å². The Hall–Kier alpha value is -2.73. The molecule has 0 heterocycles. The third-order valence-corrected chi connectivity index (χ3v) is 2.81. The average molecular weight is 252 g/mol. The first-order valence-corrected chi connectivity index (χ1v) is 5.63. The van der Waals surface area contributed by atoms with Crippen LogP contribution in [-0.2, 0) is 9.53 Å². The van der Waals surface area contributed by atoms with Crippen LogP contribution in [0.1, 0.15) is 11.1 Å². The van der Waals surface area contributed by atoms with Crippen molar-refractivity contribution in [2.45, 2.75) is 0 Å². The lowest BCUT2D eigenvalue weighted by atomic mass is 9.97. The second-order valence-corrected chi connectivity index (χ2v) is 3.96. The van der Waals surface area contributed by atoms with E-state index in [9.17, 15) is 9.90 Å². The van der Waals surface area contributed by atoms with Gasteiger partial charge < -0.3 is 9.84 Å². The first-order valence-electron chi connectivity index (χ1n) is 5.63. The molecule has 0 saturated carbocycles. The molecule has 3 heteroatoms. The number of benzene rings is 2. The summed E-state index contributed by atoms with van der Waals surface area (Å²) >= 11 is 0. The molecule has 3 nitrogen and oxygen atoms in total. The van der Waals surface area contributed by atoms with Crippen LogP contribution in [-0.4, -0.2) is 18.2 Å². The van der Waals surface area contributed by atoms with Gasteiger partial charge in [-0.05, 0) is 28.5 Å². The van der Waals surface area contributed by atoms with E-state index >= 15 is 0 Å². The number of carboxylic acid groups (broad SMARTS) is 1. The lowest BCUT2D eigenvalue weighted by Gasteiger charge is -2.08. The summed E-state index contributed by atoms with van der Waals surface area (Å²) in [6, 6.07) is 11.0. The Morgan fingerprint density at radius 2 is 2.16 bits per heavy atom. The van der Waals surface area contributed by atoms with Crippen LogP contribution in [0.3, 0.4) is 0 Å². The molecule has 2 aromatic rings. The van der Waals surface area contributed by atoms with E-state index in [1.165, 1.54) is 13.4 Å². The van der Waals surface area contributed by atoms with Crippen LogP contribution in [0.2, 0.25) is 0 Å². The fourth-order valence-corrected chi connectivity index (χ4v) is 1.94. The standard InChI is InChI=1S/C16H12O3/c1-3-11-7-8-12-5-4-6-13(14(12)9-11)15(10-19-2)16(17)18/h1,4-10H,2H3,(H,17,18). The number of fused-ring (bicyclic) bond motifs is 1. The molecule has 94 valence electrons. The second kappa shape index (κ2) is 5.28. The quantitative estimate of drug-likeness (QED) is 0.519. The molecule has 2 rings (SSSR count). The predicted molar refractivity (Wildman–Crippen MR) is 74.5 cm³/mol. The molecule has 0 aliphatic heterocycles. The monoisotopic (exact) mass is 252 g/mol. The largest absolute Gasteiger partial charge is 0.503 e. The zero-order chi connectivity index (χ0) is 13.8. The maximum Gasteiger partial charge on any atom is 0.339 e. The van der Waals surface area contributed by atoms with Crippen molar-refractivity contribution in [2.75, 3.05) is 7.11 Å². The number of hydrogen-bond donors (Lipinski definition) is 1. The van der Waals surface area contributed by atoms with Gasteiger partial charge in [0.2, 0.25) is 0 Å². The van der Waals surface area contributed by atoms with E-state index in [1.807, 2.05) is 18.2 Å². The van der Waals surface area contributed by atoms with E-state index in [-0.39, 0.29) is 5.57 Å². The predicted octanol–water partition coefficient (Wildman–Crippen LogP) is 2.89. The number of methoxy groups -OCH3 is 1. The Kier molecular flexibility index (Phi) is 3.53. The smallest absolute Gasteiger partial charge is 0.339 e. The fraction of sp³-hybridized carbons (Fsp3) is 0.0625. The van der Waals surface area contributed by atoms with E-state index in [1.54, 1.807) is 18.2 Å². The van der Waals surface area contributed by atoms with Crippen LogP contribution in [0.25, 0.3) is 16.3 Å². The summed E-state index contributed by atoms with van der Waals surface area (Å²) in [5.74, 6) is 1.51. The second-order valence-electron chi connectivity index (χ2n) is 3.96. The number of ether oxygens (including phenoxy) is 1. The van der Waals surface area contributed by atoms with Gasteiger partial charge in [0.1, 0.15) is 5.57 Å². The molecular formula is C16H12O3. The SMILES string of the molecule is C#Cc1ccc2cccc(C(=COC)C(=O)O)c2c1. The van der Waals surface area contributed by atoms with E-state index < -0.39 is 5.97 Å². The average Bonchev–Trinajstić information content (AvgIpc) is 2.43. The highest BCUT2D eigenvalue weighted by Gasteiger charge is 2.14.